The molecule has 1 aliphatic rings. The van der Waals surface area contributed by atoms with Crippen molar-refractivity contribution in [3.05, 3.63) is 59.7 Å². The molecule has 2 aromatic carbocycles. The number of nitrogens with zero attached hydrogens (tertiary/aromatic N) is 1. The van der Waals surface area contributed by atoms with Crippen LogP contribution in [0, 0.1) is 0 Å². The number of hydrogen-bond donors (Lipinski definition) is 1. The highest BCUT2D eigenvalue weighted by molar-refractivity contribution is 6.20. The molecule has 152 valence electrons. The van der Waals surface area contributed by atoms with Crippen molar-refractivity contribution in [1.82, 2.24) is 5.06 Å². The number of anilines is 1. The highest BCUT2D eigenvalue weighted by Crippen LogP contribution is 2.22. The first-order valence-corrected chi connectivity index (χ1v) is 9.08. The van der Waals surface area contributed by atoms with E-state index in [-0.39, 0.29) is 13.2 Å². The molecule has 29 heavy (non-hydrogen) atoms. The van der Waals surface area contributed by atoms with E-state index < -0.39 is 23.5 Å². The molecule has 0 aromatic heterocycles. The number of rotatable bonds is 6. The van der Waals surface area contributed by atoms with E-state index in [0.29, 0.717) is 22.6 Å². The average molecular weight is 398 g/mol. The molecule has 0 saturated heterocycles. The molecule has 0 spiro atoms. The number of nitrogens with one attached hydrogen (secondary N) is 1. The van der Waals surface area contributed by atoms with Gasteiger partial charge >= 0.3 is 6.09 Å². The van der Waals surface area contributed by atoms with Crippen LogP contribution in [0.3, 0.4) is 0 Å². The molecule has 3 amide bonds. The standard InChI is InChI=1S/C21H22N2O6/c1-21(2,3)29-20(26)22-14-8-10-15(11-9-14)27-12-13-28-23-18(24)16-6-4-5-7-17(16)19(23)25/h4-11H,12-13H2,1-3H3,(H,22,26). The Morgan fingerprint density at radius 2 is 1.52 bits per heavy atom. The number of carbonyl (C=O) groups excluding carboxylic acids is 3. The van der Waals surface area contributed by atoms with Crippen LogP contribution in [-0.4, -0.2) is 41.8 Å². The lowest BCUT2D eigenvalue weighted by Gasteiger charge is -2.19. The number of fused-ring (bicyclic) bond motifs is 1. The minimum Gasteiger partial charge on any atom is -0.491 e. The van der Waals surface area contributed by atoms with Crippen LogP contribution < -0.4 is 10.1 Å². The number of carbonyl (C=O) groups is 3. The summed E-state index contributed by atoms with van der Waals surface area (Å²) in [4.78, 5) is 41.4. The van der Waals surface area contributed by atoms with E-state index in [0.717, 1.165) is 5.06 Å². The Bertz CT molecular complexity index is 883. The highest BCUT2D eigenvalue weighted by Gasteiger charge is 2.36. The fourth-order valence-corrected chi connectivity index (χ4v) is 2.63. The molecule has 8 heteroatoms. The van der Waals surface area contributed by atoms with Gasteiger partial charge in [-0.25, -0.2) is 4.79 Å². The molecule has 0 radical (unpaired) electrons. The van der Waals surface area contributed by atoms with Crippen LogP contribution in [0.4, 0.5) is 10.5 Å². The summed E-state index contributed by atoms with van der Waals surface area (Å²) < 4.78 is 10.7. The molecule has 8 nitrogen and oxygen atoms in total. The van der Waals surface area contributed by atoms with Gasteiger partial charge in [0.05, 0.1) is 11.1 Å². The van der Waals surface area contributed by atoms with Gasteiger partial charge in [0.2, 0.25) is 0 Å². The Morgan fingerprint density at radius 3 is 2.07 bits per heavy atom. The summed E-state index contributed by atoms with van der Waals surface area (Å²) in [6.07, 6.45) is -0.541. The van der Waals surface area contributed by atoms with E-state index in [4.69, 9.17) is 14.3 Å². The van der Waals surface area contributed by atoms with Crippen LogP contribution in [0.2, 0.25) is 0 Å². The third-order valence-corrected chi connectivity index (χ3v) is 3.83. The van der Waals surface area contributed by atoms with Gasteiger partial charge in [-0.05, 0) is 57.2 Å². The molecular weight excluding hydrogens is 376 g/mol. The van der Waals surface area contributed by atoms with E-state index in [9.17, 15) is 14.4 Å². The van der Waals surface area contributed by atoms with E-state index in [1.165, 1.54) is 0 Å². The molecule has 2 aromatic rings. The van der Waals surface area contributed by atoms with Gasteiger partial charge in [-0.2, -0.15) is 0 Å². The van der Waals surface area contributed by atoms with Gasteiger partial charge in [-0.1, -0.05) is 12.1 Å². The van der Waals surface area contributed by atoms with Crippen molar-refractivity contribution in [2.75, 3.05) is 18.5 Å². The minimum absolute atomic E-state index is 0.0172. The van der Waals surface area contributed by atoms with Gasteiger partial charge in [-0.3, -0.25) is 19.7 Å². The van der Waals surface area contributed by atoms with E-state index in [2.05, 4.69) is 5.32 Å². The summed E-state index contributed by atoms with van der Waals surface area (Å²) in [5.41, 5.74) is 0.638. The SMILES string of the molecule is CC(C)(C)OC(=O)Nc1ccc(OCCON2C(=O)c3ccccc3C2=O)cc1. The van der Waals surface area contributed by atoms with Gasteiger partial charge in [0.25, 0.3) is 11.8 Å². The predicted molar refractivity (Wildman–Crippen MR) is 105 cm³/mol. The lowest BCUT2D eigenvalue weighted by molar-refractivity contribution is -0.0976. The summed E-state index contributed by atoms with van der Waals surface area (Å²) in [5.74, 6) is -0.419. The average Bonchev–Trinajstić information content (AvgIpc) is 2.90. The summed E-state index contributed by atoms with van der Waals surface area (Å²) in [7, 11) is 0. The van der Waals surface area contributed by atoms with Gasteiger partial charge in [0.1, 0.15) is 24.6 Å². The van der Waals surface area contributed by atoms with Crippen LogP contribution in [-0.2, 0) is 9.57 Å². The zero-order valence-corrected chi connectivity index (χ0v) is 16.4. The largest absolute Gasteiger partial charge is 0.491 e. The second-order valence-corrected chi connectivity index (χ2v) is 7.28. The summed E-state index contributed by atoms with van der Waals surface area (Å²) >= 11 is 0. The second-order valence-electron chi connectivity index (χ2n) is 7.28. The Hall–Kier alpha value is -3.39. The molecule has 0 saturated carbocycles. The van der Waals surface area contributed by atoms with Gasteiger partial charge in [0.15, 0.2) is 0 Å². The molecule has 0 atom stereocenters. The number of ether oxygens (including phenoxy) is 2. The van der Waals surface area contributed by atoms with Crippen LogP contribution >= 0.6 is 0 Å². The minimum atomic E-state index is -0.577. The van der Waals surface area contributed by atoms with E-state index in [1.54, 1.807) is 69.3 Å². The van der Waals surface area contributed by atoms with Crippen molar-refractivity contribution in [1.29, 1.82) is 0 Å². The van der Waals surface area contributed by atoms with Gasteiger partial charge < -0.3 is 9.47 Å². The quantitative estimate of drug-likeness (QED) is 0.590. The number of amides is 3. The van der Waals surface area contributed by atoms with Gasteiger partial charge in [-0.15, -0.1) is 5.06 Å². The molecule has 1 aliphatic heterocycles. The molecular formula is C21H22N2O6. The predicted octanol–water partition coefficient (Wildman–Crippen LogP) is 3.64. The number of imide groups is 1. The van der Waals surface area contributed by atoms with Crippen LogP contribution in [0.5, 0.6) is 5.75 Å². The third-order valence-electron chi connectivity index (χ3n) is 3.83. The van der Waals surface area contributed by atoms with Crippen LogP contribution in [0.25, 0.3) is 0 Å². The van der Waals surface area contributed by atoms with Crippen molar-refractivity contribution in [2.45, 2.75) is 26.4 Å². The van der Waals surface area contributed by atoms with Crippen molar-refractivity contribution >= 4 is 23.6 Å². The van der Waals surface area contributed by atoms with Crippen molar-refractivity contribution in [2.24, 2.45) is 0 Å². The first-order valence-electron chi connectivity index (χ1n) is 9.08. The van der Waals surface area contributed by atoms with Crippen molar-refractivity contribution in [3.8, 4) is 5.75 Å². The van der Waals surface area contributed by atoms with Crippen molar-refractivity contribution in [3.63, 3.8) is 0 Å². The number of benzene rings is 2. The molecule has 0 bridgehead atoms. The van der Waals surface area contributed by atoms with Crippen LogP contribution in [0.1, 0.15) is 41.5 Å². The third kappa shape index (κ3) is 5.11. The molecule has 1 heterocycles. The fraction of sp³-hybridized carbons (Fsp3) is 0.286. The monoisotopic (exact) mass is 398 g/mol. The Labute approximate surface area is 168 Å². The summed E-state index contributed by atoms with van der Waals surface area (Å²) in [6, 6.07) is 13.2. The lowest BCUT2D eigenvalue weighted by atomic mass is 10.1. The molecule has 1 N–H and O–H groups in total. The maximum absolute atomic E-state index is 12.2. The van der Waals surface area contributed by atoms with E-state index >= 15 is 0 Å². The summed E-state index contributed by atoms with van der Waals surface area (Å²) in [6.45, 7) is 5.50. The summed E-state index contributed by atoms with van der Waals surface area (Å²) in [5, 5.41) is 3.38. The molecule has 3 rings (SSSR count). The zero-order chi connectivity index (χ0) is 21.0. The lowest BCUT2D eigenvalue weighted by Crippen LogP contribution is -2.31. The highest BCUT2D eigenvalue weighted by atomic mass is 16.7. The number of hydroxylamine groups is 2. The molecule has 0 unspecified atom stereocenters. The molecule has 0 aliphatic carbocycles. The first-order chi connectivity index (χ1) is 13.7. The second kappa shape index (κ2) is 8.32. The Balaban J connectivity index is 1.44. The maximum Gasteiger partial charge on any atom is 0.412 e. The maximum atomic E-state index is 12.2. The van der Waals surface area contributed by atoms with Gasteiger partial charge in [0, 0.05) is 5.69 Å². The van der Waals surface area contributed by atoms with Crippen LogP contribution in [0.15, 0.2) is 48.5 Å². The first kappa shape index (κ1) is 20.3. The Morgan fingerprint density at radius 1 is 0.931 bits per heavy atom. The Kier molecular flexibility index (Phi) is 5.84. The number of hydrogen-bond acceptors (Lipinski definition) is 6. The normalized spacial score (nSPS) is 13.3. The van der Waals surface area contributed by atoms with Crippen molar-refractivity contribution < 1.29 is 28.7 Å². The molecule has 0 fully saturated rings. The fourth-order valence-electron chi connectivity index (χ4n) is 2.63. The zero-order valence-electron chi connectivity index (χ0n) is 16.4. The smallest absolute Gasteiger partial charge is 0.412 e. The van der Waals surface area contributed by atoms with E-state index in [1.807, 2.05) is 0 Å². The topological polar surface area (TPSA) is 94.2 Å².